The summed E-state index contributed by atoms with van der Waals surface area (Å²) >= 11 is 0. The maximum Gasteiger partial charge on any atom is 0.340 e. The molecule has 1 fully saturated rings. The van der Waals surface area contributed by atoms with Crippen molar-refractivity contribution in [2.45, 2.75) is 25.9 Å². The Kier molecular flexibility index (Phi) is 5.18. The normalized spacial score (nSPS) is 16.4. The highest BCUT2D eigenvalue weighted by atomic mass is 16.5. The average Bonchev–Trinajstić information content (AvgIpc) is 3.29. The first kappa shape index (κ1) is 19.4. The number of esters is 1. The highest BCUT2D eigenvalue weighted by Gasteiger charge is 2.19. The molecule has 0 unspecified atom stereocenters. The number of hydrogen-bond acceptors (Lipinski definition) is 6. The van der Waals surface area contributed by atoms with Crippen molar-refractivity contribution in [3.05, 3.63) is 66.1 Å². The number of piperidine rings is 1. The van der Waals surface area contributed by atoms with E-state index in [2.05, 4.69) is 25.5 Å². The van der Waals surface area contributed by atoms with E-state index in [0.29, 0.717) is 12.1 Å². The predicted molar refractivity (Wildman–Crippen MR) is 119 cm³/mol. The smallest absolute Gasteiger partial charge is 0.340 e. The van der Waals surface area contributed by atoms with E-state index in [1.54, 1.807) is 12.4 Å². The lowest BCUT2D eigenvalue weighted by Gasteiger charge is -2.22. The molecule has 0 amide bonds. The van der Waals surface area contributed by atoms with Crippen molar-refractivity contribution in [2.24, 2.45) is 0 Å². The third-order valence-electron chi connectivity index (χ3n) is 5.54. The van der Waals surface area contributed by atoms with Crippen molar-refractivity contribution in [1.82, 2.24) is 25.5 Å². The van der Waals surface area contributed by atoms with Crippen molar-refractivity contribution in [3.63, 3.8) is 0 Å². The molecule has 0 bridgehead atoms. The number of aromatic amines is 1. The number of fused-ring (bicyclic) bond motifs is 1. The van der Waals surface area contributed by atoms with Crippen LogP contribution in [0, 0.1) is 6.92 Å². The molecular formula is C24H23N5O2. The highest BCUT2D eigenvalue weighted by molar-refractivity contribution is 5.95. The standard InChI is InChI=1S/C24H23N5O2/c1-15-4-2-6-22(28-15)23-20(14-27-29-23)16-7-8-21-17(10-16)11-18(12-26-21)24(30)31-19-5-3-9-25-13-19/h2,4,6-8,10-12,14,19,25H,3,5,9,13H2,1H3,(H,27,29)/t19-/m1/s1. The summed E-state index contributed by atoms with van der Waals surface area (Å²) in [6.45, 7) is 3.64. The largest absolute Gasteiger partial charge is 0.457 e. The van der Waals surface area contributed by atoms with Gasteiger partial charge in [0.15, 0.2) is 0 Å². The number of H-pyrrole nitrogens is 1. The summed E-state index contributed by atoms with van der Waals surface area (Å²) in [6.07, 6.45) is 5.20. The van der Waals surface area contributed by atoms with Crippen LogP contribution in [0.25, 0.3) is 33.4 Å². The summed E-state index contributed by atoms with van der Waals surface area (Å²) in [5, 5.41) is 11.4. The monoisotopic (exact) mass is 413 g/mol. The van der Waals surface area contributed by atoms with Crippen LogP contribution in [0.15, 0.2) is 54.9 Å². The van der Waals surface area contributed by atoms with E-state index in [0.717, 1.165) is 58.5 Å². The number of hydrogen-bond donors (Lipinski definition) is 2. The number of ether oxygens (including phenoxy) is 1. The van der Waals surface area contributed by atoms with Crippen molar-refractivity contribution in [3.8, 4) is 22.5 Å². The molecule has 0 radical (unpaired) electrons. The van der Waals surface area contributed by atoms with Gasteiger partial charge in [0.25, 0.3) is 0 Å². The van der Waals surface area contributed by atoms with Gasteiger partial charge in [-0.1, -0.05) is 12.1 Å². The summed E-state index contributed by atoms with van der Waals surface area (Å²) in [5.74, 6) is -0.332. The fourth-order valence-corrected chi connectivity index (χ4v) is 3.93. The average molecular weight is 413 g/mol. The van der Waals surface area contributed by atoms with Crippen LogP contribution in [0.5, 0.6) is 0 Å². The zero-order valence-corrected chi connectivity index (χ0v) is 17.3. The minimum absolute atomic E-state index is 0.0846. The predicted octanol–water partition coefficient (Wildman–Crippen LogP) is 3.90. The molecule has 31 heavy (non-hydrogen) atoms. The Morgan fingerprint density at radius 3 is 2.94 bits per heavy atom. The molecular weight excluding hydrogens is 390 g/mol. The fourth-order valence-electron chi connectivity index (χ4n) is 3.93. The van der Waals surface area contributed by atoms with Gasteiger partial charge in [-0.2, -0.15) is 5.10 Å². The van der Waals surface area contributed by atoms with Crippen LogP contribution in [-0.2, 0) is 4.74 Å². The molecule has 4 aromatic rings. The Morgan fingerprint density at radius 1 is 1.16 bits per heavy atom. The van der Waals surface area contributed by atoms with Gasteiger partial charge in [-0.05, 0) is 62.2 Å². The van der Waals surface area contributed by atoms with E-state index in [1.807, 2.05) is 49.4 Å². The highest BCUT2D eigenvalue weighted by Crippen LogP contribution is 2.31. The number of nitrogens with zero attached hydrogens (tertiary/aromatic N) is 3. The molecule has 1 aliphatic heterocycles. The molecule has 5 rings (SSSR count). The first-order valence-electron chi connectivity index (χ1n) is 10.5. The van der Waals surface area contributed by atoms with Crippen LogP contribution in [0.4, 0.5) is 0 Å². The van der Waals surface area contributed by atoms with Crippen molar-refractivity contribution < 1.29 is 9.53 Å². The number of rotatable bonds is 4. The quantitative estimate of drug-likeness (QED) is 0.493. The van der Waals surface area contributed by atoms with Crippen molar-refractivity contribution in [1.29, 1.82) is 0 Å². The molecule has 0 spiro atoms. The maximum atomic E-state index is 12.6. The van der Waals surface area contributed by atoms with Crippen LogP contribution in [-0.4, -0.2) is 45.3 Å². The van der Waals surface area contributed by atoms with Gasteiger partial charge < -0.3 is 10.1 Å². The lowest BCUT2D eigenvalue weighted by Crippen LogP contribution is -2.36. The summed E-state index contributed by atoms with van der Waals surface area (Å²) < 4.78 is 5.65. The Morgan fingerprint density at radius 2 is 2.10 bits per heavy atom. The number of aromatic nitrogens is 4. The Balaban J connectivity index is 1.46. The van der Waals surface area contributed by atoms with Gasteiger partial charge in [0.1, 0.15) is 6.10 Å². The number of pyridine rings is 2. The Hall–Kier alpha value is -3.58. The van der Waals surface area contributed by atoms with Crippen molar-refractivity contribution >= 4 is 16.9 Å². The molecule has 1 atom stereocenters. The zero-order chi connectivity index (χ0) is 21.2. The summed E-state index contributed by atoms with van der Waals surface area (Å²) in [7, 11) is 0. The summed E-state index contributed by atoms with van der Waals surface area (Å²) in [5.41, 5.74) is 5.84. The van der Waals surface area contributed by atoms with Gasteiger partial charge >= 0.3 is 5.97 Å². The number of benzene rings is 1. The molecule has 2 N–H and O–H groups in total. The van der Waals surface area contributed by atoms with Crippen molar-refractivity contribution in [2.75, 3.05) is 13.1 Å². The van der Waals surface area contributed by atoms with Crippen LogP contribution in [0.3, 0.4) is 0 Å². The topological polar surface area (TPSA) is 92.8 Å². The Labute approximate surface area is 179 Å². The number of nitrogens with one attached hydrogen (secondary N) is 2. The van der Waals surface area contributed by atoms with E-state index in [-0.39, 0.29) is 12.1 Å². The molecule has 1 aromatic carbocycles. The Bertz CT molecular complexity index is 1240. The van der Waals surface area contributed by atoms with Crippen LogP contribution in [0.1, 0.15) is 28.9 Å². The van der Waals surface area contributed by atoms with Crippen LogP contribution >= 0.6 is 0 Å². The van der Waals surface area contributed by atoms with E-state index in [9.17, 15) is 4.79 Å². The number of carbonyl (C=O) groups is 1. The minimum Gasteiger partial charge on any atom is -0.457 e. The lowest BCUT2D eigenvalue weighted by atomic mass is 10.0. The second-order valence-corrected chi connectivity index (χ2v) is 7.83. The lowest BCUT2D eigenvalue weighted by molar-refractivity contribution is 0.0245. The third-order valence-corrected chi connectivity index (χ3v) is 5.54. The van der Waals surface area contributed by atoms with Gasteiger partial charge in [0.2, 0.25) is 0 Å². The van der Waals surface area contributed by atoms with Crippen LogP contribution in [0.2, 0.25) is 0 Å². The molecule has 156 valence electrons. The van der Waals surface area contributed by atoms with Gasteiger partial charge in [-0.3, -0.25) is 15.1 Å². The molecule has 3 aromatic heterocycles. The minimum atomic E-state index is -0.332. The van der Waals surface area contributed by atoms with Crippen LogP contribution < -0.4 is 5.32 Å². The first-order chi connectivity index (χ1) is 15.2. The molecule has 1 saturated heterocycles. The van der Waals surface area contributed by atoms with Gasteiger partial charge in [0.05, 0.1) is 28.7 Å². The number of carbonyl (C=O) groups excluding carboxylic acids is 1. The van der Waals surface area contributed by atoms with Gasteiger partial charge in [-0.15, -0.1) is 0 Å². The maximum absolute atomic E-state index is 12.6. The van der Waals surface area contributed by atoms with Gasteiger partial charge in [-0.25, -0.2) is 4.79 Å². The molecule has 7 heteroatoms. The van der Waals surface area contributed by atoms with Gasteiger partial charge in [0, 0.05) is 29.4 Å². The second kappa shape index (κ2) is 8.28. The molecule has 0 saturated carbocycles. The molecule has 0 aliphatic carbocycles. The molecule has 1 aliphatic rings. The summed E-state index contributed by atoms with van der Waals surface area (Å²) in [4.78, 5) is 21.7. The summed E-state index contributed by atoms with van der Waals surface area (Å²) in [6, 6.07) is 13.7. The molecule has 4 heterocycles. The van der Waals surface area contributed by atoms with E-state index >= 15 is 0 Å². The third kappa shape index (κ3) is 4.04. The van der Waals surface area contributed by atoms with E-state index in [1.165, 1.54) is 0 Å². The SMILES string of the molecule is Cc1cccc(-c2[nH]ncc2-c2ccc3ncc(C(=O)O[C@@H]4CCCNC4)cc3c2)n1. The van der Waals surface area contributed by atoms with E-state index < -0.39 is 0 Å². The molecule has 7 nitrogen and oxygen atoms in total. The first-order valence-corrected chi connectivity index (χ1v) is 10.5. The number of aryl methyl sites for hydroxylation is 1. The van der Waals surface area contributed by atoms with E-state index in [4.69, 9.17) is 4.74 Å². The zero-order valence-electron chi connectivity index (χ0n) is 17.3. The second-order valence-electron chi connectivity index (χ2n) is 7.83. The fraction of sp³-hybridized carbons (Fsp3) is 0.250.